The van der Waals surface area contributed by atoms with Gasteiger partial charge in [-0.3, -0.25) is 9.69 Å². The third kappa shape index (κ3) is 6.65. The summed E-state index contributed by atoms with van der Waals surface area (Å²) in [7, 11) is 0. The smallest absolute Gasteiger partial charge is 0.222 e. The van der Waals surface area contributed by atoms with E-state index in [0.717, 1.165) is 52.1 Å². The first-order valence-electron chi connectivity index (χ1n) is 9.97. The van der Waals surface area contributed by atoms with Crippen LogP contribution < -0.4 is 4.57 Å². The molecular formula is C23H30N3O+. The summed E-state index contributed by atoms with van der Waals surface area (Å²) in [5, 5.41) is 0. The zero-order chi connectivity index (χ0) is 18.7. The number of carbonyl (C=O) groups is 1. The fraction of sp³-hybridized carbons (Fsp3) is 0.391. The summed E-state index contributed by atoms with van der Waals surface area (Å²) < 4.78 is 2.17. The largest absolute Gasteiger partial charge is 0.340 e. The SMILES string of the molecule is O=C(CCCC[n+]1ccccc1)N1CCN(C/C=C/c2ccccc2)CC1. The molecule has 0 bridgehead atoms. The van der Waals surface area contributed by atoms with Crippen molar-refractivity contribution in [2.45, 2.75) is 25.8 Å². The molecule has 0 radical (unpaired) electrons. The van der Waals surface area contributed by atoms with Crippen LogP contribution in [0.2, 0.25) is 0 Å². The molecular weight excluding hydrogens is 334 g/mol. The Morgan fingerprint density at radius 1 is 0.926 bits per heavy atom. The molecule has 4 nitrogen and oxygen atoms in total. The maximum absolute atomic E-state index is 12.4. The summed E-state index contributed by atoms with van der Waals surface area (Å²) in [5.74, 6) is 0.313. The zero-order valence-corrected chi connectivity index (χ0v) is 16.0. The molecule has 1 saturated heterocycles. The lowest BCUT2D eigenvalue weighted by molar-refractivity contribution is -0.697. The lowest BCUT2D eigenvalue weighted by atomic mass is 10.2. The molecule has 1 fully saturated rings. The molecule has 142 valence electrons. The lowest BCUT2D eigenvalue weighted by Gasteiger charge is -2.34. The van der Waals surface area contributed by atoms with Crippen LogP contribution in [0.25, 0.3) is 6.08 Å². The Hall–Kier alpha value is -2.46. The number of rotatable bonds is 8. The quantitative estimate of drug-likeness (QED) is 0.532. The molecule has 1 aliphatic heterocycles. The number of aryl methyl sites for hydroxylation is 1. The minimum Gasteiger partial charge on any atom is -0.340 e. The highest BCUT2D eigenvalue weighted by molar-refractivity contribution is 5.76. The lowest BCUT2D eigenvalue weighted by Crippen LogP contribution is -2.48. The highest BCUT2D eigenvalue weighted by Crippen LogP contribution is 2.07. The molecule has 0 N–H and O–H groups in total. The van der Waals surface area contributed by atoms with Crippen LogP contribution in [-0.4, -0.2) is 48.4 Å². The summed E-state index contributed by atoms with van der Waals surface area (Å²) in [6.45, 7) is 5.56. The highest BCUT2D eigenvalue weighted by Gasteiger charge is 2.19. The number of carbonyl (C=O) groups excluding carboxylic acids is 1. The van der Waals surface area contributed by atoms with E-state index in [1.807, 2.05) is 29.2 Å². The Balaban J connectivity index is 1.30. The number of hydrogen-bond acceptors (Lipinski definition) is 2. The molecule has 1 amide bonds. The molecule has 1 aromatic heterocycles. The molecule has 1 aliphatic rings. The van der Waals surface area contributed by atoms with E-state index in [0.29, 0.717) is 12.3 Å². The van der Waals surface area contributed by atoms with Crippen molar-refractivity contribution < 1.29 is 9.36 Å². The molecule has 27 heavy (non-hydrogen) atoms. The molecule has 2 heterocycles. The van der Waals surface area contributed by atoms with Gasteiger partial charge in [0, 0.05) is 57.7 Å². The van der Waals surface area contributed by atoms with E-state index >= 15 is 0 Å². The molecule has 3 rings (SSSR count). The molecule has 0 spiro atoms. The molecule has 0 atom stereocenters. The van der Waals surface area contributed by atoms with Crippen molar-refractivity contribution in [3.63, 3.8) is 0 Å². The Labute approximate surface area is 162 Å². The fourth-order valence-electron chi connectivity index (χ4n) is 3.39. The second kappa shape index (κ2) is 10.6. The molecule has 1 aromatic carbocycles. The molecule has 0 saturated carbocycles. The van der Waals surface area contributed by atoms with Crippen molar-refractivity contribution in [3.8, 4) is 0 Å². The number of amides is 1. The summed E-state index contributed by atoms with van der Waals surface area (Å²) >= 11 is 0. The van der Waals surface area contributed by atoms with Gasteiger partial charge in [-0.25, -0.2) is 4.57 Å². The van der Waals surface area contributed by atoms with Gasteiger partial charge in [0.1, 0.15) is 6.54 Å². The van der Waals surface area contributed by atoms with Crippen molar-refractivity contribution in [3.05, 3.63) is 72.6 Å². The summed E-state index contributed by atoms with van der Waals surface area (Å²) in [4.78, 5) is 16.8. The van der Waals surface area contributed by atoms with E-state index in [2.05, 4.69) is 58.3 Å². The maximum atomic E-state index is 12.4. The Bertz CT molecular complexity index is 707. The Morgan fingerprint density at radius 2 is 1.63 bits per heavy atom. The average Bonchev–Trinajstić information content (AvgIpc) is 2.73. The van der Waals surface area contributed by atoms with Gasteiger partial charge in [0.25, 0.3) is 0 Å². The van der Waals surface area contributed by atoms with Gasteiger partial charge in [0.05, 0.1) is 0 Å². The minimum atomic E-state index is 0.313. The van der Waals surface area contributed by atoms with Gasteiger partial charge in [0.15, 0.2) is 12.4 Å². The van der Waals surface area contributed by atoms with Crippen LogP contribution in [-0.2, 0) is 11.3 Å². The normalized spacial score (nSPS) is 15.3. The molecule has 0 aliphatic carbocycles. The van der Waals surface area contributed by atoms with E-state index in [-0.39, 0.29) is 0 Å². The predicted molar refractivity (Wildman–Crippen MR) is 109 cm³/mol. The van der Waals surface area contributed by atoms with Gasteiger partial charge in [-0.05, 0) is 12.0 Å². The number of hydrogen-bond donors (Lipinski definition) is 0. The van der Waals surface area contributed by atoms with Crippen LogP contribution >= 0.6 is 0 Å². The van der Waals surface area contributed by atoms with E-state index < -0.39 is 0 Å². The monoisotopic (exact) mass is 364 g/mol. The maximum Gasteiger partial charge on any atom is 0.222 e. The second-order valence-corrected chi connectivity index (χ2v) is 7.06. The number of unbranched alkanes of at least 4 members (excludes halogenated alkanes) is 1. The van der Waals surface area contributed by atoms with E-state index in [9.17, 15) is 4.79 Å². The van der Waals surface area contributed by atoms with E-state index in [4.69, 9.17) is 0 Å². The van der Waals surface area contributed by atoms with Gasteiger partial charge in [0.2, 0.25) is 5.91 Å². The third-order valence-electron chi connectivity index (χ3n) is 5.03. The third-order valence-corrected chi connectivity index (χ3v) is 5.03. The topological polar surface area (TPSA) is 27.4 Å². The van der Waals surface area contributed by atoms with Crippen LogP contribution in [0.15, 0.2) is 67.0 Å². The number of aromatic nitrogens is 1. The van der Waals surface area contributed by atoms with Crippen LogP contribution in [0.5, 0.6) is 0 Å². The molecule has 2 aromatic rings. The van der Waals surface area contributed by atoms with Crippen LogP contribution in [0, 0.1) is 0 Å². The highest BCUT2D eigenvalue weighted by atomic mass is 16.2. The summed E-state index contributed by atoms with van der Waals surface area (Å²) in [6, 6.07) is 16.5. The molecule has 4 heteroatoms. The first-order valence-corrected chi connectivity index (χ1v) is 9.97. The number of benzene rings is 1. The standard InChI is InChI=1S/C23H30N3O/c27-23(13-5-8-16-24-14-6-2-7-15-24)26-20-18-25(19-21-26)17-9-12-22-10-3-1-4-11-22/h1-4,6-7,9-12,14-15H,5,8,13,16-21H2/q+1/b12-9+. The minimum absolute atomic E-state index is 0.313. The van der Waals surface area contributed by atoms with Crippen molar-refractivity contribution in [1.82, 2.24) is 9.80 Å². The van der Waals surface area contributed by atoms with Crippen molar-refractivity contribution >= 4 is 12.0 Å². The van der Waals surface area contributed by atoms with Gasteiger partial charge in [-0.1, -0.05) is 48.6 Å². The summed E-state index contributed by atoms with van der Waals surface area (Å²) in [6.07, 6.45) is 11.2. The first-order chi connectivity index (χ1) is 13.3. The van der Waals surface area contributed by atoms with E-state index in [1.165, 1.54) is 5.56 Å². The van der Waals surface area contributed by atoms with Crippen molar-refractivity contribution in [1.29, 1.82) is 0 Å². The van der Waals surface area contributed by atoms with Gasteiger partial charge >= 0.3 is 0 Å². The van der Waals surface area contributed by atoms with Gasteiger partial charge in [-0.2, -0.15) is 0 Å². The number of nitrogens with zero attached hydrogens (tertiary/aromatic N) is 3. The number of piperazine rings is 1. The van der Waals surface area contributed by atoms with Gasteiger partial charge < -0.3 is 4.90 Å². The van der Waals surface area contributed by atoms with Crippen LogP contribution in [0.3, 0.4) is 0 Å². The number of pyridine rings is 1. The first kappa shape index (κ1) is 19.3. The fourth-order valence-corrected chi connectivity index (χ4v) is 3.39. The molecule has 0 unspecified atom stereocenters. The predicted octanol–water partition coefficient (Wildman–Crippen LogP) is 3.00. The van der Waals surface area contributed by atoms with E-state index in [1.54, 1.807) is 0 Å². The van der Waals surface area contributed by atoms with Crippen LogP contribution in [0.4, 0.5) is 0 Å². The van der Waals surface area contributed by atoms with Crippen molar-refractivity contribution in [2.24, 2.45) is 0 Å². The van der Waals surface area contributed by atoms with Gasteiger partial charge in [-0.15, -0.1) is 0 Å². The Morgan fingerprint density at radius 3 is 2.37 bits per heavy atom. The van der Waals surface area contributed by atoms with Crippen LogP contribution in [0.1, 0.15) is 24.8 Å². The zero-order valence-electron chi connectivity index (χ0n) is 16.0. The Kier molecular flexibility index (Phi) is 7.60. The summed E-state index contributed by atoms with van der Waals surface area (Å²) in [5.41, 5.74) is 1.24. The second-order valence-electron chi connectivity index (χ2n) is 7.06. The average molecular weight is 365 g/mol. The van der Waals surface area contributed by atoms with Crippen molar-refractivity contribution in [2.75, 3.05) is 32.7 Å².